The van der Waals surface area contributed by atoms with Crippen molar-refractivity contribution in [1.29, 1.82) is 0 Å². The standard InChI is InChI=1S/C30H37N3O4S/c1-38(36,37)33-30(35)27-17-16-25(20-28(27)32-26-10-6-3-7-11-26)23-14-12-22(13-15-23)18-19-31-21-29(34)24-8-4-2-5-9-24/h2,4-5,8-9,12-17,20,26,29,31-32,34H,3,6-7,10-11,18-19,21H2,1H3,(H,33,35)/t29-/m0/s1. The number of rotatable bonds is 11. The Balaban J connectivity index is 1.41. The lowest BCUT2D eigenvalue weighted by Gasteiger charge is -2.25. The Hall–Kier alpha value is -3.20. The number of anilines is 1. The predicted octanol–water partition coefficient (Wildman–Crippen LogP) is 4.65. The van der Waals surface area contributed by atoms with Gasteiger partial charge in [0.1, 0.15) is 0 Å². The van der Waals surface area contributed by atoms with Crippen LogP contribution in [0.25, 0.3) is 11.1 Å². The van der Waals surface area contributed by atoms with E-state index in [1.165, 1.54) is 12.0 Å². The monoisotopic (exact) mass is 535 g/mol. The van der Waals surface area contributed by atoms with Gasteiger partial charge in [-0.1, -0.05) is 79.9 Å². The molecule has 0 aromatic heterocycles. The quantitative estimate of drug-likeness (QED) is 0.266. The zero-order valence-electron chi connectivity index (χ0n) is 21.8. The lowest BCUT2D eigenvalue weighted by Crippen LogP contribution is -2.31. The first-order chi connectivity index (χ1) is 18.3. The summed E-state index contributed by atoms with van der Waals surface area (Å²) in [5, 5.41) is 17.1. The van der Waals surface area contributed by atoms with E-state index in [1.807, 2.05) is 42.5 Å². The molecule has 202 valence electrons. The summed E-state index contributed by atoms with van der Waals surface area (Å²) in [7, 11) is -3.66. The van der Waals surface area contributed by atoms with Gasteiger partial charge in [-0.25, -0.2) is 13.1 Å². The van der Waals surface area contributed by atoms with Gasteiger partial charge in [0.2, 0.25) is 10.0 Å². The van der Waals surface area contributed by atoms with Crippen LogP contribution in [-0.2, 0) is 16.4 Å². The van der Waals surface area contributed by atoms with Crippen LogP contribution in [0.4, 0.5) is 5.69 Å². The molecule has 8 heteroatoms. The molecule has 1 saturated carbocycles. The van der Waals surface area contributed by atoms with Gasteiger partial charge in [0.05, 0.1) is 17.9 Å². The zero-order chi connectivity index (χ0) is 27.0. The Morgan fingerprint density at radius 3 is 2.32 bits per heavy atom. The van der Waals surface area contributed by atoms with Gasteiger partial charge in [0.15, 0.2) is 0 Å². The number of benzene rings is 3. The maximum atomic E-state index is 12.7. The number of nitrogens with one attached hydrogen (secondary N) is 3. The van der Waals surface area contributed by atoms with Crippen molar-refractivity contribution in [2.24, 2.45) is 0 Å². The molecular formula is C30H37N3O4S. The first-order valence-electron chi connectivity index (χ1n) is 13.2. The predicted molar refractivity (Wildman–Crippen MR) is 153 cm³/mol. The fraction of sp³-hybridized carbons (Fsp3) is 0.367. The van der Waals surface area contributed by atoms with Crippen LogP contribution in [0.1, 0.15) is 59.7 Å². The smallest absolute Gasteiger partial charge is 0.266 e. The second-order valence-electron chi connectivity index (χ2n) is 10.0. The lowest BCUT2D eigenvalue weighted by atomic mass is 9.94. The molecule has 0 radical (unpaired) electrons. The van der Waals surface area contributed by atoms with Crippen LogP contribution in [0, 0.1) is 0 Å². The van der Waals surface area contributed by atoms with E-state index in [0.717, 1.165) is 61.6 Å². The molecule has 4 rings (SSSR count). The molecule has 1 aliphatic rings. The Bertz CT molecular complexity index is 1310. The summed E-state index contributed by atoms with van der Waals surface area (Å²) in [5.41, 5.74) is 5.03. The van der Waals surface area contributed by atoms with E-state index in [1.54, 1.807) is 6.07 Å². The van der Waals surface area contributed by atoms with Crippen LogP contribution in [0.3, 0.4) is 0 Å². The highest BCUT2D eigenvalue weighted by Crippen LogP contribution is 2.29. The number of carbonyl (C=O) groups is 1. The molecule has 3 aromatic rings. The highest BCUT2D eigenvalue weighted by atomic mass is 32.2. The molecule has 0 unspecified atom stereocenters. The molecule has 1 fully saturated rings. The van der Waals surface area contributed by atoms with Crippen LogP contribution in [0.2, 0.25) is 0 Å². The lowest BCUT2D eigenvalue weighted by molar-refractivity contribution is 0.0982. The Morgan fingerprint density at radius 1 is 0.947 bits per heavy atom. The summed E-state index contributed by atoms with van der Waals surface area (Å²) in [5.74, 6) is -0.627. The first kappa shape index (κ1) is 27.8. The van der Waals surface area contributed by atoms with Gasteiger partial charge in [-0.05, 0) is 60.2 Å². The van der Waals surface area contributed by atoms with Gasteiger partial charge in [0, 0.05) is 18.3 Å². The summed E-state index contributed by atoms with van der Waals surface area (Å²) < 4.78 is 25.4. The topological polar surface area (TPSA) is 108 Å². The molecule has 0 heterocycles. The average Bonchev–Trinajstić information content (AvgIpc) is 2.91. The third-order valence-electron chi connectivity index (χ3n) is 6.91. The second kappa shape index (κ2) is 13.0. The summed E-state index contributed by atoms with van der Waals surface area (Å²) in [6.07, 6.45) is 6.85. The fourth-order valence-electron chi connectivity index (χ4n) is 4.86. The Labute approximate surface area is 225 Å². The van der Waals surface area contributed by atoms with E-state index < -0.39 is 22.0 Å². The van der Waals surface area contributed by atoms with E-state index in [9.17, 15) is 18.3 Å². The summed E-state index contributed by atoms with van der Waals surface area (Å²) in [6.45, 7) is 1.25. The third-order valence-corrected chi connectivity index (χ3v) is 7.46. The SMILES string of the molecule is CS(=O)(=O)NC(=O)c1ccc(-c2ccc(CCNC[C@H](O)c3ccccc3)cc2)cc1NC1CCCCC1. The molecule has 4 N–H and O–H groups in total. The van der Waals surface area contributed by atoms with Crippen molar-refractivity contribution < 1.29 is 18.3 Å². The van der Waals surface area contributed by atoms with Crippen LogP contribution < -0.4 is 15.4 Å². The molecule has 0 aliphatic heterocycles. The molecular weight excluding hydrogens is 498 g/mol. The number of hydrogen-bond donors (Lipinski definition) is 4. The molecule has 1 atom stereocenters. The minimum atomic E-state index is -3.66. The number of sulfonamides is 1. The fourth-order valence-corrected chi connectivity index (χ4v) is 5.31. The Morgan fingerprint density at radius 2 is 1.63 bits per heavy atom. The van der Waals surface area contributed by atoms with E-state index in [-0.39, 0.29) is 6.04 Å². The van der Waals surface area contributed by atoms with Gasteiger partial charge >= 0.3 is 0 Å². The van der Waals surface area contributed by atoms with Crippen molar-refractivity contribution in [1.82, 2.24) is 10.0 Å². The summed E-state index contributed by atoms with van der Waals surface area (Å²) in [6, 6.07) is 23.7. The molecule has 0 bridgehead atoms. The van der Waals surface area contributed by atoms with Gasteiger partial charge in [-0.3, -0.25) is 4.79 Å². The van der Waals surface area contributed by atoms with Crippen molar-refractivity contribution >= 4 is 21.6 Å². The number of carbonyl (C=O) groups excluding carboxylic acids is 1. The Kier molecular flexibility index (Phi) is 9.55. The van der Waals surface area contributed by atoms with Crippen LogP contribution in [0.5, 0.6) is 0 Å². The zero-order valence-corrected chi connectivity index (χ0v) is 22.6. The van der Waals surface area contributed by atoms with Crippen LogP contribution in [0.15, 0.2) is 72.8 Å². The maximum absolute atomic E-state index is 12.7. The van der Waals surface area contributed by atoms with E-state index in [4.69, 9.17) is 0 Å². The van der Waals surface area contributed by atoms with Crippen LogP contribution >= 0.6 is 0 Å². The molecule has 38 heavy (non-hydrogen) atoms. The largest absolute Gasteiger partial charge is 0.387 e. The highest BCUT2D eigenvalue weighted by Gasteiger charge is 2.20. The minimum absolute atomic E-state index is 0.263. The van der Waals surface area contributed by atoms with E-state index in [2.05, 4.69) is 39.6 Å². The molecule has 0 spiro atoms. The number of aliphatic hydroxyl groups is 1. The van der Waals surface area contributed by atoms with Crippen molar-refractivity contribution in [3.63, 3.8) is 0 Å². The average molecular weight is 536 g/mol. The molecule has 3 aromatic carbocycles. The molecule has 0 saturated heterocycles. The summed E-state index contributed by atoms with van der Waals surface area (Å²) in [4.78, 5) is 12.7. The normalized spacial score (nSPS) is 15.1. The van der Waals surface area contributed by atoms with Gasteiger partial charge in [-0.15, -0.1) is 0 Å². The highest BCUT2D eigenvalue weighted by molar-refractivity contribution is 7.89. The first-order valence-corrected chi connectivity index (χ1v) is 15.1. The van der Waals surface area contributed by atoms with Gasteiger partial charge in [0.25, 0.3) is 5.91 Å². The maximum Gasteiger partial charge on any atom is 0.266 e. The molecule has 1 amide bonds. The second-order valence-corrected chi connectivity index (χ2v) is 11.8. The van der Waals surface area contributed by atoms with Crippen molar-refractivity contribution in [2.45, 2.75) is 50.7 Å². The van der Waals surface area contributed by atoms with Crippen LogP contribution in [-0.4, -0.2) is 44.8 Å². The number of aliphatic hydroxyl groups excluding tert-OH is 1. The van der Waals surface area contributed by atoms with Gasteiger partial charge in [-0.2, -0.15) is 0 Å². The van der Waals surface area contributed by atoms with Crippen molar-refractivity contribution in [3.05, 3.63) is 89.5 Å². The summed E-state index contributed by atoms with van der Waals surface area (Å²) >= 11 is 0. The van der Waals surface area contributed by atoms with Crippen molar-refractivity contribution in [3.8, 4) is 11.1 Å². The number of amides is 1. The third kappa shape index (κ3) is 8.15. The van der Waals surface area contributed by atoms with E-state index in [0.29, 0.717) is 17.8 Å². The minimum Gasteiger partial charge on any atom is -0.387 e. The van der Waals surface area contributed by atoms with Crippen molar-refractivity contribution in [2.75, 3.05) is 24.7 Å². The number of hydrogen-bond acceptors (Lipinski definition) is 6. The molecule has 7 nitrogen and oxygen atoms in total. The van der Waals surface area contributed by atoms with Gasteiger partial charge < -0.3 is 15.7 Å². The van der Waals surface area contributed by atoms with E-state index >= 15 is 0 Å². The molecule has 1 aliphatic carbocycles.